The van der Waals surface area contributed by atoms with Crippen molar-refractivity contribution in [3.05, 3.63) is 102 Å². The highest BCUT2D eigenvalue weighted by atomic mass is 19.1. The Morgan fingerprint density at radius 2 is 1.71 bits per heavy atom. The molecule has 0 saturated carbocycles. The highest BCUT2D eigenvalue weighted by molar-refractivity contribution is 5.79. The Hall–Kier alpha value is -3.56. The molecule has 0 N–H and O–H groups in total. The Morgan fingerprint density at radius 3 is 2.35 bits per heavy atom. The maximum absolute atomic E-state index is 13.5. The van der Waals surface area contributed by atoms with Gasteiger partial charge in [-0.05, 0) is 35.4 Å². The van der Waals surface area contributed by atoms with Crippen LogP contribution in [0.2, 0.25) is 0 Å². The van der Waals surface area contributed by atoms with Gasteiger partial charge in [0.05, 0.1) is 24.3 Å². The Balaban J connectivity index is 1.82. The molecule has 3 aromatic rings. The van der Waals surface area contributed by atoms with Crippen molar-refractivity contribution in [2.45, 2.75) is 19.0 Å². The lowest BCUT2D eigenvalue weighted by Crippen LogP contribution is -2.40. The molecule has 3 rings (SSSR count). The van der Waals surface area contributed by atoms with E-state index in [1.165, 1.54) is 12.1 Å². The summed E-state index contributed by atoms with van der Waals surface area (Å²) in [5.74, 6) is -0.408. The summed E-state index contributed by atoms with van der Waals surface area (Å²) in [4.78, 5) is 21.2. The highest BCUT2D eigenvalue weighted by Crippen LogP contribution is 2.28. The summed E-state index contributed by atoms with van der Waals surface area (Å²) in [7, 11) is 1.76. The van der Waals surface area contributed by atoms with E-state index in [4.69, 9.17) is 5.26 Å². The fourth-order valence-electron chi connectivity index (χ4n) is 3.51. The molecule has 158 valence electrons. The van der Waals surface area contributed by atoms with Crippen LogP contribution >= 0.6 is 0 Å². The minimum absolute atomic E-state index is 0.0907. The van der Waals surface area contributed by atoms with Crippen molar-refractivity contribution in [2.24, 2.45) is 0 Å². The number of amides is 1. The van der Waals surface area contributed by atoms with Crippen LogP contribution < -0.4 is 0 Å². The molecule has 6 heteroatoms. The van der Waals surface area contributed by atoms with Crippen LogP contribution in [0.1, 0.15) is 29.3 Å². The first kappa shape index (κ1) is 22.1. The zero-order chi connectivity index (χ0) is 22.1. The average Bonchev–Trinajstić information content (AvgIpc) is 2.80. The second-order valence-corrected chi connectivity index (χ2v) is 7.31. The van der Waals surface area contributed by atoms with Crippen LogP contribution in [-0.2, 0) is 11.3 Å². The normalized spacial score (nSPS) is 11.7. The van der Waals surface area contributed by atoms with E-state index in [1.807, 2.05) is 53.4 Å². The molecule has 1 heterocycles. The monoisotopic (exact) mass is 416 g/mol. The average molecular weight is 417 g/mol. The third kappa shape index (κ3) is 6.21. The zero-order valence-electron chi connectivity index (χ0n) is 17.5. The van der Waals surface area contributed by atoms with Gasteiger partial charge in [0.25, 0.3) is 0 Å². The molecule has 5 nitrogen and oxygen atoms in total. The van der Waals surface area contributed by atoms with Crippen LogP contribution in [0.15, 0.2) is 79.0 Å². The number of nitriles is 1. The summed E-state index contributed by atoms with van der Waals surface area (Å²) in [5.41, 5.74) is 2.61. The molecule has 2 aromatic carbocycles. The highest BCUT2D eigenvalue weighted by Gasteiger charge is 2.25. The van der Waals surface area contributed by atoms with Gasteiger partial charge < -0.3 is 4.90 Å². The van der Waals surface area contributed by atoms with Crippen molar-refractivity contribution in [3.63, 3.8) is 0 Å². The van der Waals surface area contributed by atoms with Crippen molar-refractivity contribution >= 4 is 5.91 Å². The van der Waals surface area contributed by atoms with Gasteiger partial charge in [0.15, 0.2) is 0 Å². The standard InChI is InChI=1S/C25H25FN4O/c1-29(24(31)19-30(17-7-15-27)18-23-10-5-6-16-28-23)25(20-8-3-2-4-9-20)21-11-13-22(26)14-12-21/h2-6,8-14,16,25H,7,17-19H2,1H3/t25-/m0/s1. The van der Waals surface area contributed by atoms with E-state index in [-0.39, 0.29) is 24.3 Å². The summed E-state index contributed by atoms with van der Waals surface area (Å²) in [6.45, 7) is 1.10. The number of carbonyl (C=O) groups excluding carboxylic acids is 1. The number of halogens is 1. The Labute approximate surface area is 182 Å². The predicted octanol–water partition coefficient (Wildman–Crippen LogP) is 4.18. The third-order valence-electron chi connectivity index (χ3n) is 5.09. The molecular formula is C25H25FN4O. The first-order valence-corrected chi connectivity index (χ1v) is 10.1. The van der Waals surface area contributed by atoms with Crippen LogP contribution in [0.25, 0.3) is 0 Å². The van der Waals surface area contributed by atoms with Gasteiger partial charge >= 0.3 is 0 Å². The van der Waals surface area contributed by atoms with Crippen molar-refractivity contribution in [1.29, 1.82) is 5.26 Å². The molecule has 0 unspecified atom stereocenters. The zero-order valence-corrected chi connectivity index (χ0v) is 17.5. The fraction of sp³-hybridized carbons (Fsp3) is 0.240. The smallest absolute Gasteiger partial charge is 0.237 e. The molecule has 0 saturated heterocycles. The van der Waals surface area contributed by atoms with Crippen LogP contribution in [0.4, 0.5) is 4.39 Å². The lowest BCUT2D eigenvalue weighted by atomic mass is 9.97. The molecule has 0 aliphatic heterocycles. The lowest BCUT2D eigenvalue weighted by Gasteiger charge is -2.31. The summed E-state index contributed by atoms with van der Waals surface area (Å²) < 4.78 is 13.5. The topological polar surface area (TPSA) is 60.2 Å². The first-order chi connectivity index (χ1) is 15.1. The quantitative estimate of drug-likeness (QED) is 0.525. The summed E-state index contributed by atoms with van der Waals surface area (Å²) >= 11 is 0. The molecule has 0 aliphatic rings. The van der Waals surface area contributed by atoms with Gasteiger partial charge in [0, 0.05) is 32.8 Å². The molecule has 1 amide bonds. The van der Waals surface area contributed by atoms with Gasteiger partial charge in [-0.15, -0.1) is 0 Å². The second kappa shape index (κ2) is 11.0. The van der Waals surface area contributed by atoms with Crippen molar-refractivity contribution in [2.75, 3.05) is 20.1 Å². The maximum Gasteiger partial charge on any atom is 0.237 e. The molecular weight excluding hydrogens is 391 g/mol. The van der Waals surface area contributed by atoms with Gasteiger partial charge in [-0.3, -0.25) is 14.7 Å². The predicted molar refractivity (Wildman–Crippen MR) is 117 cm³/mol. The molecule has 0 radical (unpaired) electrons. The Bertz CT molecular complexity index is 1000. The molecule has 1 atom stereocenters. The maximum atomic E-state index is 13.5. The van der Waals surface area contributed by atoms with Gasteiger partial charge in [0.2, 0.25) is 5.91 Å². The van der Waals surface area contributed by atoms with E-state index in [2.05, 4.69) is 11.1 Å². The number of hydrogen-bond acceptors (Lipinski definition) is 4. The third-order valence-corrected chi connectivity index (χ3v) is 5.09. The number of likely N-dealkylation sites (N-methyl/N-ethyl adjacent to an activating group) is 1. The minimum atomic E-state index is -0.345. The largest absolute Gasteiger partial charge is 0.334 e. The van der Waals surface area contributed by atoms with Crippen molar-refractivity contribution in [1.82, 2.24) is 14.8 Å². The SMILES string of the molecule is CN(C(=O)CN(CCC#N)Cc1ccccn1)[C@@H](c1ccccc1)c1ccc(F)cc1. The van der Waals surface area contributed by atoms with E-state index >= 15 is 0 Å². The number of rotatable bonds is 9. The number of aromatic nitrogens is 1. The molecule has 0 bridgehead atoms. The van der Waals surface area contributed by atoms with Gasteiger partial charge in [-0.25, -0.2) is 4.39 Å². The number of pyridine rings is 1. The number of benzene rings is 2. The fourth-order valence-corrected chi connectivity index (χ4v) is 3.51. The Morgan fingerprint density at radius 1 is 1.03 bits per heavy atom. The first-order valence-electron chi connectivity index (χ1n) is 10.1. The van der Waals surface area contributed by atoms with E-state index < -0.39 is 0 Å². The molecule has 0 aliphatic carbocycles. The minimum Gasteiger partial charge on any atom is -0.334 e. The van der Waals surface area contributed by atoms with Gasteiger partial charge in [-0.2, -0.15) is 5.26 Å². The Kier molecular flexibility index (Phi) is 7.85. The van der Waals surface area contributed by atoms with Gasteiger partial charge in [-0.1, -0.05) is 48.5 Å². The number of carbonyl (C=O) groups is 1. The van der Waals surface area contributed by atoms with Crippen molar-refractivity contribution in [3.8, 4) is 6.07 Å². The molecule has 0 spiro atoms. The van der Waals surface area contributed by atoms with Crippen LogP contribution in [-0.4, -0.2) is 40.8 Å². The second-order valence-electron chi connectivity index (χ2n) is 7.31. The van der Waals surface area contributed by atoms with Crippen LogP contribution in [0.5, 0.6) is 0 Å². The van der Waals surface area contributed by atoms with Crippen LogP contribution in [0, 0.1) is 17.1 Å². The number of hydrogen-bond donors (Lipinski definition) is 0. The van der Waals surface area contributed by atoms with E-state index in [0.29, 0.717) is 19.5 Å². The van der Waals surface area contributed by atoms with Crippen molar-refractivity contribution < 1.29 is 9.18 Å². The summed E-state index contributed by atoms with van der Waals surface area (Å²) in [5, 5.41) is 9.01. The lowest BCUT2D eigenvalue weighted by molar-refractivity contribution is -0.132. The molecule has 1 aromatic heterocycles. The van der Waals surface area contributed by atoms with Gasteiger partial charge in [0.1, 0.15) is 5.82 Å². The van der Waals surface area contributed by atoms with E-state index in [0.717, 1.165) is 16.8 Å². The number of nitrogens with zero attached hydrogens (tertiary/aromatic N) is 4. The van der Waals surface area contributed by atoms with E-state index in [1.54, 1.807) is 30.3 Å². The molecule has 0 fully saturated rings. The van der Waals surface area contributed by atoms with E-state index in [9.17, 15) is 9.18 Å². The molecule has 31 heavy (non-hydrogen) atoms. The van der Waals surface area contributed by atoms with Crippen LogP contribution in [0.3, 0.4) is 0 Å². The summed E-state index contributed by atoms with van der Waals surface area (Å²) in [6.07, 6.45) is 2.04. The summed E-state index contributed by atoms with van der Waals surface area (Å²) in [6, 6.07) is 23.3.